The van der Waals surface area contributed by atoms with Gasteiger partial charge < -0.3 is 90.4 Å². The number of Topliss-reactive ketones (excluding diaryl/α,β-unsaturated/α-hetero) is 2. The third-order valence-corrected chi connectivity index (χ3v) is 24.6. The van der Waals surface area contributed by atoms with Crippen molar-refractivity contribution in [3.63, 3.8) is 0 Å². The number of ketones is 2. The van der Waals surface area contributed by atoms with Crippen LogP contribution in [0.3, 0.4) is 0 Å². The van der Waals surface area contributed by atoms with E-state index >= 15 is 9.59 Å². The quantitative estimate of drug-likeness (QED) is 0.0104. The van der Waals surface area contributed by atoms with Gasteiger partial charge in [0.15, 0.2) is 40.8 Å². The Morgan fingerprint density at radius 3 is 1.52 bits per heavy atom. The summed E-state index contributed by atoms with van der Waals surface area (Å²) in [5.74, 6) is -19.2. The van der Waals surface area contributed by atoms with Gasteiger partial charge in [0, 0.05) is 63.8 Å². The second-order valence-corrected chi connectivity index (χ2v) is 36.1. The zero-order chi connectivity index (χ0) is 95.4. The molecular weight excluding hydrogens is 1660 g/mol. The van der Waals surface area contributed by atoms with Crippen LogP contribution in [0, 0.1) is 73.0 Å². The average molecular weight is 1790 g/mol. The monoisotopic (exact) mass is 1790 g/mol. The van der Waals surface area contributed by atoms with Crippen LogP contribution in [-0.4, -0.2) is 245 Å². The molecule has 4 aliphatic heterocycles. The highest BCUT2D eigenvalue weighted by molar-refractivity contribution is 6.11. The van der Waals surface area contributed by atoms with E-state index in [1.807, 2.05) is 20.8 Å². The van der Waals surface area contributed by atoms with Gasteiger partial charge in [0.05, 0.1) is 59.2 Å². The number of aryl methyl sites for hydroxylation is 1. The Hall–Kier alpha value is -11.9. The highest BCUT2D eigenvalue weighted by Crippen LogP contribution is 2.40. The van der Waals surface area contributed by atoms with Gasteiger partial charge in [-0.15, -0.1) is 0 Å². The van der Waals surface area contributed by atoms with Crippen molar-refractivity contribution >= 4 is 123 Å². The van der Waals surface area contributed by atoms with Gasteiger partial charge in [-0.1, -0.05) is 120 Å². The van der Waals surface area contributed by atoms with E-state index in [1.54, 1.807) is 62.3 Å². The van der Waals surface area contributed by atoms with Crippen LogP contribution in [-0.2, 0) is 90.8 Å². The maximum atomic E-state index is 15.2. The van der Waals surface area contributed by atoms with E-state index < -0.39 is 256 Å². The predicted molar refractivity (Wildman–Crippen MR) is 465 cm³/mol. The molecule has 9 N–H and O–H groups in total. The molecule has 2 saturated carbocycles. The number of para-hydroxylation sites is 1. The van der Waals surface area contributed by atoms with E-state index in [1.165, 1.54) is 103 Å². The van der Waals surface area contributed by atoms with Gasteiger partial charge in [0.2, 0.25) is 47.3 Å². The number of amides is 10. The number of phenols is 1. The molecule has 128 heavy (non-hydrogen) atoms. The molecule has 0 spiro atoms. The van der Waals surface area contributed by atoms with Crippen molar-refractivity contribution in [2.45, 2.75) is 261 Å². The number of nitrogens with zero attached hydrogens (tertiary/aromatic N) is 5. The number of nitrogens with one attached hydrogen (secondary N) is 6. The number of carbonyl (C=O) groups excluding carboxylic acids is 17. The molecule has 2 aromatic carbocycles. The Labute approximate surface area is 744 Å². The first-order valence-electron chi connectivity index (χ1n) is 43.9. The molecule has 7 aliphatic rings. The molecule has 9 rings (SSSR count). The molecule has 0 aromatic heterocycles. The van der Waals surface area contributed by atoms with Crippen LogP contribution in [0.1, 0.15) is 217 Å². The minimum atomic E-state index is -1.86. The Morgan fingerprint density at radius 2 is 1.05 bits per heavy atom. The van der Waals surface area contributed by atoms with Gasteiger partial charge in [0.1, 0.15) is 59.8 Å². The van der Waals surface area contributed by atoms with Crippen molar-refractivity contribution in [2.75, 3.05) is 52.3 Å². The lowest BCUT2D eigenvalue weighted by molar-refractivity contribution is -0.175. The maximum absolute atomic E-state index is 15.2. The second-order valence-electron chi connectivity index (χ2n) is 36.1. The second kappa shape index (κ2) is 43.7. The van der Waals surface area contributed by atoms with Crippen molar-refractivity contribution in [2.24, 2.45) is 59.2 Å². The summed E-state index contributed by atoms with van der Waals surface area (Å²) in [5, 5.41) is 25.9. The molecule has 37 heteroatoms. The summed E-state index contributed by atoms with van der Waals surface area (Å²) in [7, 11) is 5.66. The Kier molecular flexibility index (Phi) is 34.6. The lowest BCUT2D eigenvalue weighted by Gasteiger charge is -2.35. The number of hydrogen-bond acceptors (Lipinski definition) is 27. The number of nitrogens with two attached hydrogens (primary N) is 1. The summed E-state index contributed by atoms with van der Waals surface area (Å²) in [6.45, 7) is 27.0. The van der Waals surface area contributed by atoms with Crippen molar-refractivity contribution < 1.29 is 115 Å². The number of aromatic hydroxyl groups is 1. The summed E-state index contributed by atoms with van der Waals surface area (Å²) < 4.78 is 35.2. The molecule has 0 bridgehead atoms. The summed E-state index contributed by atoms with van der Waals surface area (Å²) in [5.41, 5.74) is 3.45. The van der Waals surface area contributed by atoms with Crippen LogP contribution in [0.15, 0.2) is 39.5 Å². The Bertz CT molecular complexity index is 4920. The third kappa shape index (κ3) is 23.1. The Morgan fingerprint density at radius 1 is 0.586 bits per heavy atom. The number of benzene rings is 3. The van der Waals surface area contributed by atoms with Gasteiger partial charge >= 0.3 is 29.8 Å². The van der Waals surface area contributed by atoms with Gasteiger partial charge in [-0.05, 0) is 127 Å². The number of rotatable bonds is 19. The topological polar surface area (TPSA) is 511 Å². The average Bonchev–Trinajstić information content (AvgIpc) is 0.879. The molecule has 37 nitrogen and oxygen atoms in total. The fourth-order valence-corrected chi connectivity index (χ4v) is 17.4. The molecule has 5 fully saturated rings. The highest BCUT2D eigenvalue weighted by atomic mass is 16.6. The van der Waals surface area contributed by atoms with Crippen LogP contribution in [0.4, 0.5) is 11.4 Å². The highest BCUT2D eigenvalue weighted by Gasteiger charge is 2.50. The molecular formula is C91H126N12O25. The molecule has 700 valence electrons. The smallest absolute Gasteiger partial charge is 0.332 e. The van der Waals surface area contributed by atoms with E-state index in [9.17, 15) is 81.8 Å². The largest absolute Gasteiger partial charge is 0.505 e. The molecule has 0 radical (unpaired) electrons. The van der Waals surface area contributed by atoms with Crippen molar-refractivity contribution in [1.29, 1.82) is 0 Å². The number of esters is 5. The van der Waals surface area contributed by atoms with E-state index in [2.05, 4.69) is 31.9 Å². The standard InChI is InChI=1S/C64H88N10O16.C27H38N2O9/c1-27(2)44-53(78)35-19-17-21-37(35)61(84)71(13)25-40(75)73(15)50(29(5)6)63(86)88-33(11)46(59(82)67-44)69-57(80)39-24-23-31(9)55-48(39)66-49-42(43(65)52(77)32(10)56(49)90-55)58(81)70-47-34(12)89-64(87)51(30(7)8)74(16)41(76)26-72(14)62(85)38-22-18-20-36(38)54(79)45(28(3)4)68-60(47)83;1-6-7-8-10-19-24(38-21(31)13-15(2)3)17(5)37-27(35)22(16(4)36-26(19)34)29-25(33)18-11-9-12-20(23(18)32)28-14-30/h23-24,27-30,33-38,44-47,50-51H,17-22,25-26,65H2,1-16H3,(H,67,82)(H,68,83)(H,69,80)(H,70,81);9,11-12,14-17,19,22,24,32H,6-8,10,13H2,1-5H3,(H,28,30)(H,29,33). The van der Waals surface area contributed by atoms with Crippen LogP contribution in [0.2, 0.25) is 0 Å². The first-order chi connectivity index (χ1) is 60.1. The number of ether oxygens (including phenoxy) is 5. The van der Waals surface area contributed by atoms with Crippen molar-refractivity contribution in [3.05, 3.63) is 68.4 Å². The lowest BCUT2D eigenvalue weighted by atomic mass is 9.83. The first kappa shape index (κ1) is 101. The zero-order valence-corrected chi connectivity index (χ0v) is 76.9. The Balaban J connectivity index is 0.000000444. The van der Waals surface area contributed by atoms with Crippen LogP contribution < -0.4 is 43.1 Å². The van der Waals surface area contributed by atoms with Gasteiger partial charge in [-0.25, -0.2) is 19.4 Å². The third-order valence-electron chi connectivity index (χ3n) is 24.6. The number of nitrogen functional groups attached to an aromatic ring is 1. The number of anilines is 2. The minimum absolute atomic E-state index is 0.00114. The molecule has 17 atom stereocenters. The molecule has 2 aromatic rings. The summed E-state index contributed by atoms with van der Waals surface area (Å²) in [4.78, 5) is 260. The molecule has 17 unspecified atom stereocenters. The van der Waals surface area contributed by atoms with Crippen LogP contribution in [0.5, 0.6) is 5.75 Å². The van der Waals surface area contributed by atoms with E-state index in [-0.39, 0.29) is 57.3 Å². The molecule has 10 amide bonds. The predicted octanol–water partition coefficient (Wildman–Crippen LogP) is 5.80. The normalized spacial score (nSPS) is 26.6. The minimum Gasteiger partial charge on any atom is -0.505 e. The number of carbonyl (C=O) groups is 17. The van der Waals surface area contributed by atoms with Crippen molar-refractivity contribution in [3.8, 4) is 17.2 Å². The van der Waals surface area contributed by atoms with Crippen molar-refractivity contribution in [1.82, 2.24) is 51.2 Å². The maximum Gasteiger partial charge on any atom is 0.332 e. The van der Waals surface area contributed by atoms with E-state index in [0.717, 1.165) is 22.6 Å². The first-order valence-corrected chi connectivity index (χ1v) is 43.9. The van der Waals surface area contributed by atoms with E-state index in [0.29, 0.717) is 63.3 Å². The van der Waals surface area contributed by atoms with Crippen LogP contribution >= 0.6 is 0 Å². The molecule has 3 aliphatic carbocycles. The number of fused-ring (bicyclic) bond motifs is 4. The summed E-state index contributed by atoms with van der Waals surface area (Å²) >= 11 is 0. The number of cyclic esters (lactones) is 4. The number of unbranched alkanes of at least 4 members (excludes halogenated alkanes) is 2. The van der Waals surface area contributed by atoms with Gasteiger partial charge in [-0.2, -0.15) is 0 Å². The van der Waals surface area contributed by atoms with E-state index in [4.69, 9.17) is 38.8 Å². The fraction of sp³-hybridized carbons (Fsp3) is 0.615. The van der Waals surface area contributed by atoms with Gasteiger partial charge in [-0.3, -0.25) is 71.9 Å². The number of likely N-dealkylation sites (N-methyl/N-ethyl adjacent to an activating group) is 4. The van der Waals surface area contributed by atoms with Gasteiger partial charge in [0.25, 0.3) is 17.7 Å². The zero-order valence-electron chi connectivity index (χ0n) is 76.9. The number of aromatic nitrogens is 1. The fourth-order valence-electron chi connectivity index (χ4n) is 17.4. The van der Waals surface area contributed by atoms with Crippen LogP contribution in [0.25, 0.3) is 22.6 Å². The molecule has 4 heterocycles. The lowest BCUT2D eigenvalue weighted by Crippen LogP contribution is -2.59. The number of phenolic OH excluding ortho intramolecular Hbond substituents is 1. The SMILES string of the molecule is CCCCCC1C(=O)OC(C)C(NC(=O)c2cccc(NC=O)c2O)C(=O)OC(C)C1OC(=O)CC(C)C.Cc1c2oc3c(C)ccc(C(=O)NC4C(=O)NC(C(C)C)C(=O)C5CCCC5C(=O)N(C)CC(=O)N(C)C(C(C)C)C(=O)OC4C)c3nc-2c(C(=O)NC2C(=O)NC(C(C)C)C(=O)C3CCCC3C(=O)N(C)CC(=O)N(C)C(C(C)C)C(=O)OC2C)c(N)c1=O. The summed E-state index contributed by atoms with van der Waals surface area (Å²) in [6.07, 6.45) is -0.590. The molecule has 3 saturated heterocycles. The number of hydrogen-bond donors (Lipinski definition) is 8. The summed E-state index contributed by atoms with van der Waals surface area (Å²) in [6, 6.07) is -3.01.